The summed E-state index contributed by atoms with van der Waals surface area (Å²) in [5.74, 6) is 0.876. The third-order valence-electron chi connectivity index (χ3n) is 6.27. The lowest BCUT2D eigenvalue weighted by atomic mass is 9.82. The van der Waals surface area contributed by atoms with Gasteiger partial charge in [-0.1, -0.05) is 37.6 Å². The molecule has 0 amide bonds. The van der Waals surface area contributed by atoms with Crippen LogP contribution in [0.5, 0.6) is 5.75 Å². The molecule has 2 aromatic heterocycles. The van der Waals surface area contributed by atoms with E-state index < -0.39 is 8.91 Å². The molecule has 0 spiro atoms. The minimum absolute atomic E-state index is 0.00485. The Balaban J connectivity index is 1.52. The second-order valence-electron chi connectivity index (χ2n) is 8.55. The number of aromatic hydroxyl groups is 1. The van der Waals surface area contributed by atoms with Gasteiger partial charge in [-0.2, -0.15) is 5.10 Å². The Bertz CT molecular complexity index is 1160. The molecule has 0 radical (unpaired) electrons. The van der Waals surface area contributed by atoms with Gasteiger partial charge < -0.3 is 10.0 Å². The van der Waals surface area contributed by atoms with Crippen LogP contribution in [0.2, 0.25) is 0 Å². The number of phenols is 1. The molecule has 0 bridgehead atoms. The third kappa shape index (κ3) is 6.33. The molecule has 0 saturated heterocycles. The Hall–Kier alpha value is -1.76. The summed E-state index contributed by atoms with van der Waals surface area (Å²) in [5.41, 5.74) is 1.95. The van der Waals surface area contributed by atoms with Crippen LogP contribution in [0.1, 0.15) is 32.6 Å². The maximum atomic E-state index is 15.0. The van der Waals surface area contributed by atoms with E-state index in [2.05, 4.69) is 63.3 Å². The van der Waals surface area contributed by atoms with Crippen molar-refractivity contribution in [2.75, 3.05) is 11.9 Å². The van der Waals surface area contributed by atoms with Crippen LogP contribution in [0.15, 0.2) is 41.7 Å². The zero-order valence-corrected chi connectivity index (χ0v) is 22.8. The van der Waals surface area contributed by atoms with Crippen LogP contribution in [0.3, 0.4) is 0 Å². The molecule has 1 saturated carbocycles. The summed E-state index contributed by atoms with van der Waals surface area (Å²) in [4.78, 5) is 6.23. The highest BCUT2D eigenvalue weighted by atomic mass is 32.3. The molecule has 1 aromatic carbocycles. The number of benzene rings is 1. The Morgan fingerprint density at radius 2 is 1.91 bits per heavy atom. The summed E-state index contributed by atoms with van der Waals surface area (Å²) < 4.78 is 14.1. The largest absolute Gasteiger partial charge is 0.507 e. The van der Waals surface area contributed by atoms with E-state index in [4.69, 9.17) is 0 Å². The first-order chi connectivity index (χ1) is 16.7. The van der Waals surface area contributed by atoms with Crippen molar-refractivity contribution in [2.24, 2.45) is 5.92 Å². The van der Waals surface area contributed by atoms with E-state index in [1.807, 2.05) is 31.0 Å². The van der Waals surface area contributed by atoms with Crippen LogP contribution in [0.4, 0.5) is 10.2 Å². The lowest BCUT2D eigenvalue weighted by Crippen LogP contribution is -2.45. The predicted octanol–water partition coefficient (Wildman–Crippen LogP) is 5.55. The molecule has 35 heavy (non-hydrogen) atoms. The Labute approximate surface area is 225 Å². The number of anilines is 1. The number of aromatic nitrogens is 5. The molecule has 0 unspecified atom stereocenters. The summed E-state index contributed by atoms with van der Waals surface area (Å²) in [5, 5.41) is 27.8. The van der Waals surface area contributed by atoms with Gasteiger partial charge in [0.2, 0.25) is 0 Å². The number of rotatable bonds is 7. The summed E-state index contributed by atoms with van der Waals surface area (Å²) in [7, 11) is 1.83. The standard InChI is InChI=1S/C23H27FN6OS4/c1-3-13-5-4-6-17(21(13)24)30(2)19-12-25-22(29-27-19)16-8-7-14(9-18(16)31)15-10-20(28-26-11-15)35-23(32,33)34/h7-13,17,21,31-34H,3-6H2,1-2H3/t13-,17+,21-/m1/s1. The van der Waals surface area contributed by atoms with E-state index in [1.54, 1.807) is 24.5 Å². The van der Waals surface area contributed by atoms with Crippen molar-refractivity contribution in [2.45, 2.75) is 52.6 Å². The number of thiol groups is 3. The fraction of sp³-hybridized carbons (Fsp3) is 0.435. The number of hydrogen-bond donors (Lipinski definition) is 4. The first-order valence-electron chi connectivity index (χ1n) is 11.3. The van der Waals surface area contributed by atoms with Crippen molar-refractivity contribution in [1.82, 2.24) is 25.4 Å². The van der Waals surface area contributed by atoms with Gasteiger partial charge in [-0.05, 0) is 42.5 Å². The average Bonchev–Trinajstić information content (AvgIpc) is 2.83. The summed E-state index contributed by atoms with van der Waals surface area (Å²) >= 11 is 14.0. The SMILES string of the molecule is CC[C@@H]1CCC[C@H](N(C)c2cnc(-c3ccc(-c4cnnc(SC(S)(S)S)c4)cc3O)nn2)[C@@H]1F. The normalized spacial score (nSPS) is 20.6. The minimum atomic E-state index is -0.900. The highest BCUT2D eigenvalue weighted by Gasteiger charge is 2.35. The second kappa shape index (κ2) is 11.1. The zero-order valence-electron chi connectivity index (χ0n) is 19.3. The highest BCUT2D eigenvalue weighted by molar-refractivity contribution is 8.36. The number of halogens is 1. The number of alkyl halides is 1. The van der Waals surface area contributed by atoms with Crippen molar-refractivity contribution >= 4 is 55.5 Å². The van der Waals surface area contributed by atoms with Gasteiger partial charge in [-0.15, -0.1) is 53.2 Å². The van der Waals surface area contributed by atoms with Gasteiger partial charge in [-0.25, -0.2) is 9.37 Å². The van der Waals surface area contributed by atoms with Crippen molar-refractivity contribution in [3.63, 3.8) is 0 Å². The maximum absolute atomic E-state index is 15.0. The quantitative estimate of drug-likeness (QED) is 0.173. The van der Waals surface area contributed by atoms with Gasteiger partial charge in [0.25, 0.3) is 0 Å². The summed E-state index contributed by atoms with van der Waals surface area (Å²) in [6.45, 7) is 2.03. The first kappa shape index (κ1) is 26.3. The van der Waals surface area contributed by atoms with E-state index in [1.165, 1.54) is 11.8 Å². The second-order valence-corrected chi connectivity index (χ2v) is 13.8. The molecule has 0 aliphatic heterocycles. The molecule has 3 aromatic rings. The summed E-state index contributed by atoms with van der Waals surface area (Å²) in [6, 6.07) is 6.75. The molecule has 186 valence electrons. The molecule has 2 heterocycles. The predicted molar refractivity (Wildman–Crippen MR) is 148 cm³/mol. The van der Waals surface area contributed by atoms with E-state index in [0.29, 0.717) is 16.4 Å². The highest BCUT2D eigenvalue weighted by Crippen LogP contribution is 2.42. The van der Waals surface area contributed by atoms with Crippen LogP contribution < -0.4 is 4.90 Å². The fourth-order valence-corrected chi connectivity index (χ4v) is 5.77. The molecule has 3 atom stereocenters. The van der Waals surface area contributed by atoms with E-state index in [-0.39, 0.29) is 23.5 Å². The Morgan fingerprint density at radius 3 is 2.57 bits per heavy atom. The average molecular weight is 551 g/mol. The van der Waals surface area contributed by atoms with E-state index in [9.17, 15) is 9.50 Å². The molecule has 12 heteroatoms. The van der Waals surface area contributed by atoms with Gasteiger partial charge in [-0.3, -0.25) is 0 Å². The van der Waals surface area contributed by atoms with Crippen molar-refractivity contribution in [3.8, 4) is 28.3 Å². The smallest absolute Gasteiger partial charge is 0.185 e. The summed E-state index contributed by atoms with van der Waals surface area (Å²) in [6.07, 6.45) is 5.82. The molecule has 1 aliphatic carbocycles. The lowest BCUT2D eigenvalue weighted by molar-refractivity contribution is 0.134. The number of phenolic OH excluding ortho intramolecular Hbond substituents is 1. The number of nitrogens with zero attached hydrogens (tertiary/aromatic N) is 6. The maximum Gasteiger partial charge on any atom is 0.185 e. The van der Waals surface area contributed by atoms with Crippen LogP contribution in [0.25, 0.3) is 22.5 Å². The van der Waals surface area contributed by atoms with Crippen LogP contribution in [0, 0.1) is 5.92 Å². The first-order valence-corrected chi connectivity index (χ1v) is 13.4. The minimum Gasteiger partial charge on any atom is -0.507 e. The Morgan fingerprint density at radius 1 is 1.11 bits per heavy atom. The monoisotopic (exact) mass is 550 g/mol. The van der Waals surface area contributed by atoms with Crippen molar-refractivity contribution < 1.29 is 9.50 Å². The number of hydrogen-bond acceptors (Lipinski definition) is 11. The van der Waals surface area contributed by atoms with Crippen LogP contribution in [-0.2, 0) is 0 Å². The molecular formula is C23H27FN6OS4. The van der Waals surface area contributed by atoms with Gasteiger partial charge in [0.15, 0.2) is 14.4 Å². The molecule has 4 rings (SSSR count). The number of thioether (sulfide) groups is 1. The van der Waals surface area contributed by atoms with Crippen molar-refractivity contribution in [1.29, 1.82) is 0 Å². The van der Waals surface area contributed by atoms with E-state index >= 15 is 0 Å². The molecule has 1 fully saturated rings. The topological polar surface area (TPSA) is 87.9 Å². The Kier molecular flexibility index (Phi) is 8.34. The fourth-order valence-electron chi connectivity index (χ4n) is 4.38. The third-order valence-corrected chi connectivity index (χ3v) is 7.78. The zero-order chi connectivity index (χ0) is 25.2. The van der Waals surface area contributed by atoms with Crippen LogP contribution in [-0.4, -0.2) is 52.5 Å². The van der Waals surface area contributed by atoms with Gasteiger partial charge in [0.1, 0.15) is 16.9 Å². The van der Waals surface area contributed by atoms with Gasteiger partial charge in [0, 0.05) is 12.6 Å². The van der Waals surface area contributed by atoms with Crippen LogP contribution >= 0.6 is 49.6 Å². The molecule has 1 aliphatic rings. The lowest BCUT2D eigenvalue weighted by Gasteiger charge is -2.38. The van der Waals surface area contributed by atoms with E-state index in [0.717, 1.165) is 36.8 Å². The molecule has 1 N–H and O–H groups in total. The molecule has 7 nitrogen and oxygen atoms in total. The van der Waals surface area contributed by atoms with Gasteiger partial charge >= 0.3 is 0 Å². The molecular weight excluding hydrogens is 524 g/mol. The van der Waals surface area contributed by atoms with Gasteiger partial charge in [0.05, 0.1) is 24.0 Å². The van der Waals surface area contributed by atoms with Crippen molar-refractivity contribution in [3.05, 3.63) is 36.7 Å².